The van der Waals surface area contributed by atoms with Gasteiger partial charge in [0, 0.05) is 10.9 Å². The summed E-state index contributed by atoms with van der Waals surface area (Å²) in [5, 5.41) is 0. The maximum atomic E-state index is 12.7. The lowest BCUT2D eigenvalue weighted by Crippen LogP contribution is -1.87. The van der Waals surface area contributed by atoms with Gasteiger partial charge in [0.15, 0.2) is 0 Å². The summed E-state index contributed by atoms with van der Waals surface area (Å²) in [6.07, 6.45) is 6.46. The van der Waals surface area contributed by atoms with Gasteiger partial charge in [0.2, 0.25) is 0 Å². The lowest BCUT2D eigenvalue weighted by atomic mass is 10.1. The minimum atomic E-state index is -0.217. The summed E-state index contributed by atoms with van der Waals surface area (Å²) in [6.45, 7) is 0. The fourth-order valence-corrected chi connectivity index (χ4v) is 1.39. The molecule has 0 nitrogen and oxygen atoms in total. The van der Waals surface area contributed by atoms with E-state index in [0.717, 1.165) is 16.5 Å². The Balaban J connectivity index is 2.84. The van der Waals surface area contributed by atoms with Crippen LogP contribution in [0.15, 0.2) is 22.7 Å². The Morgan fingerprint density at radius 1 is 1.50 bits per heavy atom. The van der Waals surface area contributed by atoms with E-state index >= 15 is 0 Å². The van der Waals surface area contributed by atoms with Gasteiger partial charge in [0.05, 0.1) is 0 Å². The quantitative estimate of drug-likeness (QED) is 0.681. The standard InChI is InChI=1S/C10H8BrF/c1-2-3-4-8-7-9(12)5-6-10(8)11/h1,5-7H,3-4H2. The minimum absolute atomic E-state index is 0.217. The number of hydrogen-bond acceptors (Lipinski definition) is 0. The molecular weight excluding hydrogens is 219 g/mol. The van der Waals surface area contributed by atoms with Crippen LogP contribution in [0.25, 0.3) is 0 Å². The second-order valence-corrected chi connectivity index (χ2v) is 3.29. The zero-order chi connectivity index (χ0) is 8.97. The molecule has 12 heavy (non-hydrogen) atoms. The van der Waals surface area contributed by atoms with E-state index in [1.165, 1.54) is 12.1 Å². The number of aryl methyl sites for hydroxylation is 1. The van der Waals surface area contributed by atoms with Crippen molar-refractivity contribution in [3.63, 3.8) is 0 Å². The Kier molecular flexibility index (Phi) is 3.31. The molecule has 0 atom stereocenters. The molecular formula is C10H8BrF. The highest BCUT2D eigenvalue weighted by atomic mass is 79.9. The molecule has 1 rings (SSSR count). The zero-order valence-electron chi connectivity index (χ0n) is 6.48. The first-order chi connectivity index (χ1) is 5.74. The van der Waals surface area contributed by atoms with Gasteiger partial charge in [-0.15, -0.1) is 12.3 Å². The molecule has 0 saturated carbocycles. The summed E-state index contributed by atoms with van der Waals surface area (Å²) in [5.74, 6) is 2.30. The highest BCUT2D eigenvalue weighted by Gasteiger charge is 1.99. The molecule has 0 aliphatic rings. The van der Waals surface area contributed by atoms with E-state index in [2.05, 4.69) is 21.9 Å². The van der Waals surface area contributed by atoms with Crippen LogP contribution in [0.4, 0.5) is 4.39 Å². The van der Waals surface area contributed by atoms with E-state index in [0.29, 0.717) is 6.42 Å². The Morgan fingerprint density at radius 2 is 2.25 bits per heavy atom. The van der Waals surface area contributed by atoms with Gasteiger partial charge in [-0.2, -0.15) is 0 Å². The van der Waals surface area contributed by atoms with Gasteiger partial charge in [-0.05, 0) is 30.2 Å². The second kappa shape index (κ2) is 4.27. The summed E-state index contributed by atoms with van der Waals surface area (Å²) in [7, 11) is 0. The molecule has 0 saturated heterocycles. The van der Waals surface area contributed by atoms with Gasteiger partial charge in [-0.1, -0.05) is 15.9 Å². The molecule has 1 aromatic carbocycles. The minimum Gasteiger partial charge on any atom is -0.207 e. The third kappa shape index (κ3) is 2.35. The Morgan fingerprint density at radius 3 is 2.92 bits per heavy atom. The van der Waals surface area contributed by atoms with Gasteiger partial charge in [0.1, 0.15) is 5.82 Å². The first kappa shape index (κ1) is 9.28. The van der Waals surface area contributed by atoms with E-state index in [9.17, 15) is 4.39 Å². The molecule has 0 aliphatic carbocycles. The summed E-state index contributed by atoms with van der Waals surface area (Å²) >= 11 is 3.33. The van der Waals surface area contributed by atoms with E-state index in [1.54, 1.807) is 6.07 Å². The van der Waals surface area contributed by atoms with Crippen molar-refractivity contribution >= 4 is 15.9 Å². The number of benzene rings is 1. The largest absolute Gasteiger partial charge is 0.207 e. The highest BCUT2D eigenvalue weighted by molar-refractivity contribution is 9.10. The average Bonchev–Trinajstić information content (AvgIpc) is 2.07. The summed E-state index contributed by atoms with van der Waals surface area (Å²) < 4.78 is 13.6. The molecule has 0 amide bonds. The lowest BCUT2D eigenvalue weighted by Gasteiger charge is -2.00. The molecule has 62 valence electrons. The van der Waals surface area contributed by atoms with Crippen LogP contribution in [0, 0.1) is 18.2 Å². The number of terminal acetylenes is 1. The van der Waals surface area contributed by atoms with Gasteiger partial charge in [-0.3, -0.25) is 0 Å². The van der Waals surface area contributed by atoms with Crippen LogP contribution < -0.4 is 0 Å². The van der Waals surface area contributed by atoms with Crippen molar-refractivity contribution in [1.29, 1.82) is 0 Å². The first-order valence-electron chi connectivity index (χ1n) is 3.61. The van der Waals surface area contributed by atoms with Crippen molar-refractivity contribution in [2.24, 2.45) is 0 Å². The molecule has 0 bridgehead atoms. The van der Waals surface area contributed by atoms with Gasteiger partial charge in [-0.25, -0.2) is 4.39 Å². The van der Waals surface area contributed by atoms with E-state index in [1.807, 2.05) is 0 Å². The number of halogens is 2. The predicted molar refractivity (Wildman–Crippen MR) is 51.3 cm³/mol. The van der Waals surface area contributed by atoms with Crippen molar-refractivity contribution < 1.29 is 4.39 Å². The third-order valence-corrected chi connectivity index (χ3v) is 2.32. The van der Waals surface area contributed by atoms with E-state index < -0.39 is 0 Å². The third-order valence-electron chi connectivity index (χ3n) is 1.55. The lowest BCUT2D eigenvalue weighted by molar-refractivity contribution is 0.625. The molecule has 0 spiro atoms. The van der Waals surface area contributed by atoms with Gasteiger partial charge >= 0.3 is 0 Å². The SMILES string of the molecule is C#CCCc1cc(F)ccc1Br. The normalized spacial score (nSPS) is 9.42. The van der Waals surface area contributed by atoms with Gasteiger partial charge in [0.25, 0.3) is 0 Å². The van der Waals surface area contributed by atoms with Crippen molar-refractivity contribution in [3.05, 3.63) is 34.1 Å². The Labute approximate surface area is 79.9 Å². The molecule has 1 aromatic rings. The van der Waals surface area contributed by atoms with Crippen LogP contribution in [0.3, 0.4) is 0 Å². The van der Waals surface area contributed by atoms with Crippen LogP contribution in [0.2, 0.25) is 0 Å². The summed E-state index contributed by atoms with van der Waals surface area (Å²) in [4.78, 5) is 0. The smallest absolute Gasteiger partial charge is 0.123 e. The highest BCUT2D eigenvalue weighted by Crippen LogP contribution is 2.18. The topological polar surface area (TPSA) is 0 Å². The predicted octanol–water partition coefficient (Wildman–Crippen LogP) is 3.15. The number of rotatable bonds is 2. The van der Waals surface area contributed by atoms with Crippen molar-refractivity contribution in [2.75, 3.05) is 0 Å². The van der Waals surface area contributed by atoms with Crippen LogP contribution in [0.5, 0.6) is 0 Å². The van der Waals surface area contributed by atoms with Crippen molar-refractivity contribution in [1.82, 2.24) is 0 Å². The van der Waals surface area contributed by atoms with Crippen LogP contribution in [-0.4, -0.2) is 0 Å². The monoisotopic (exact) mass is 226 g/mol. The molecule has 2 heteroatoms. The fourth-order valence-electron chi connectivity index (χ4n) is 0.942. The molecule has 0 unspecified atom stereocenters. The summed E-state index contributed by atoms with van der Waals surface area (Å²) in [5.41, 5.74) is 0.924. The van der Waals surface area contributed by atoms with Crippen LogP contribution >= 0.6 is 15.9 Å². The Bertz CT molecular complexity index is 312. The Hall–Kier alpha value is -0.810. The van der Waals surface area contributed by atoms with Crippen molar-refractivity contribution in [3.8, 4) is 12.3 Å². The maximum absolute atomic E-state index is 12.7. The van der Waals surface area contributed by atoms with Crippen molar-refractivity contribution in [2.45, 2.75) is 12.8 Å². The molecule has 0 fully saturated rings. The molecule has 0 N–H and O–H groups in total. The summed E-state index contributed by atoms with van der Waals surface area (Å²) in [6, 6.07) is 4.62. The second-order valence-electron chi connectivity index (χ2n) is 2.44. The molecule has 0 aliphatic heterocycles. The van der Waals surface area contributed by atoms with Crippen LogP contribution in [0.1, 0.15) is 12.0 Å². The van der Waals surface area contributed by atoms with Crippen LogP contribution in [-0.2, 0) is 6.42 Å². The van der Waals surface area contributed by atoms with E-state index in [-0.39, 0.29) is 5.82 Å². The fraction of sp³-hybridized carbons (Fsp3) is 0.200. The maximum Gasteiger partial charge on any atom is 0.123 e. The first-order valence-corrected chi connectivity index (χ1v) is 4.40. The molecule has 0 heterocycles. The zero-order valence-corrected chi connectivity index (χ0v) is 8.07. The molecule has 0 aromatic heterocycles. The number of hydrogen-bond donors (Lipinski definition) is 0. The van der Waals surface area contributed by atoms with Gasteiger partial charge < -0.3 is 0 Å². The average molecular weight is 227 g/mol. The molecule has 0 radical (unpaired) electrons. The van der Waals surface area contributed by atoms with E-state index in [4.69, 9.17) is 6.42 Å².